The van der Waals surface area contributed by atoms with E-state index >= 15 is 0 Å². The van der Waals surface area contributed by atoms with E-state index in [0.717, 1.165) is 10.5 Å². The highest BCUT2D eigenvalue weighted by molar-refractivity contribution is 9.10. The molecule has 0 radical (unpaired) electrons. The van der Waals surface area contributed by atoms with Crippen molar-refractivity contribution < 1.29 is 14.1 Å². The molecule has 2 aromatic carbocycles. The lowest BCUT2D eigenvalue weighted by molar-refractivity contribution is -0.385. The first-order chi connectivity index (χ1) is 9.92. The molecule has 110 valence electrons. The fourth-order valence-corrected chi connectivity index (χ4v) is 2.41. The van der Waals surface area contributed by atoms with Crippen LogP contribution in [0.1, 0.15) is 11.1 Å². The minimum Gasteiger partial charge on any atom is -0.454 e. The third-order valence-corrected chi connectivity index (χ3v) is 3.61. The Morgan fingerprint density at radius 2 is 2.05 bits per heavy atom. The zero-order valence-electron chi connectivity index (χ0n) is 10.9. The molecule has 0 saturated carbocycles. The Kier molecular flexibility index (Phi) is 4.80. The number of aryl methyl sites for hydroxylation is 1. The molecule has 0 unspecified atom stereocenters. The van der Waals surface area contributed by atoms with Crippen LogP contribution in [0.15, 0.2) is 34.8 Å². The Balaban J connectivity index is 2.41. The zero-order chi connectivity index (χ0) is 15.6. The van der Waals surface area contributed by atoms with Crippen LogP contribution in [0.25, 0.3) is 0 Å². The molecule has 21 heavy (non-hydrogen) atoms. The number of hydrogen-bond acceptors (Lipinski definition) is 3. The molecule has 0 spiro atoms. The lowest BCUT2D eigenvalue weighted by Crippen LogP contribution is -1.97. The summed E-state index contributed by atoms with van der Waals surface area (Å²) in [7, 11) is 0. The maximum Gasteiger partial charge on any atom is 0.275 e. The summed E-state index contributed by atoms with van der Waals surface area (Å²) in [6, 6.07) is 7.30. The SMILES string of the molecule is Cc1cc(Oc2ccc(Br)cc2CCl)c(F)cc1[N+](=O)[O-]. The summed E-state index contributed by atoms with van der Waals surface area (Å²) < 4.78 is 20.2. The smallest absolute Gasteiger partial charge is 0.275 e. The van der Waals surface area contributed by atoms with E-state index in [9.17, 15) is 14.5 Å². The van der Waals surface area contributed by atoms with Gasteiger partial charge in [0.15, 0.2) is 11.6 Å². The summed E-state index contributed by atoms with van der Waals surface area (Å²) in [5.74, 6) is -0.273. The van der Waals surface area contributed by atoms with E-state index in [0.29, 0.717) is 16.9 Å². The molecule has 7 heteroatoms. The Labute approximate surface area is 133 Å². The van der Waals surface area contributed by atoms with Crippen molar-refractivity contribution in [2.45, 2.75) is 12.8 Å². The van der Waals surface area contributed by atoms with Crippen LogP contribution < -0.4 is 4.74 Å². The van der Waals surface area contributed by atoms with Crippen LogP contribution in [0.2, 0.25) is 0 Å². The predicted molar refractivity (Wildman–Crippen MR) is 81.6 cm³/mol. The summed E-state index contributed by atoms with van der Waals surface area (Å²) >= 11 is 9.14. The first kappa shape index (κ1) is 15.7. The van der Waals surface area contributed by atoms with Crippen molar-refractivity contribution in [1.82, 2.24) is 0 Å². The third kappa shape index (κ3) is 3.51. The van der Waals surface area contributed by atoms with Gasteiger partial charge < -0.3 is 4.74 Å². The fraction of sp³-hybridized carbons (Fsp3) is 0.143. The summed E-state index contributed by atoms with van der Waals surface area (Å²) in [5.41, 5.74) is 0.718. The van der Waals surface area contributed by atoms with Gasteiger partial charge in [0.05, 0.1) is 16.9 Å². The topological polar surface area (TPSA) is 52.4 Å². The number of benzene rings is 2. The monoisotopic (exact) mass is 373 g/mol. The number of rotatable bonds is 4. The second-order valence-corrected chi connectivity index (χ2v) is 5.50. The summed E-state index contributed by atoms with van der Waals surface area (Å²) in [6.07, 6.45) is 0. The number of ether oxygens (including phenoxy) is 1. The number of hydrogen-bond donors (Lipinski definition) is 0. The number of nitro groups is 1. The van der Waals surface area contributed by atoms with Crippen molar-refractivity contribution in [3.63, 3.8) is 0 Å². The highest BCUT2D eigenvalue weighted by atomic mass is 79.9. The molecule has 0 aliphatic rings. The number of alkyl halides is 1. The van der Waals surface area contributed by atoms with Crippen LogP contribution in [0.4, 0.5) is 10.1 Å². The van der Waals surface area contributed by atoms with E-state index in [1.54, 1.807) is 18.2 Å². The molecule has 2 aromatic rings. The van der Waals surface area contributed by atoms with Crippen molar-refractivity contribution in [2.75, 3.05) is 0 Å². The second kappa shape index (κ2) is 6.41. The van der Waals surface area contributed by atoms with Gasteiger partial charge in [-0.15, -0.1) is 11.6 Å². The molecule has 2 rings (SSSR count). The lowest BCUT2D eigenvalue weighted by Gasteiger charge is -2.11. The van der Waals surface area contributed by atoms with Gasteiger partial charge in [0.2, 0.25) is 0 Å². The third-order valence-electron chi connectivity index (χ3n) is 2.83. The fourth-order valence-electron chi connectivity index (χ4n) is 1.79. The van der Waals surface area contributed by atoms with E-state index < -0.39 is 10.7 Å². The lowest BCUT2D eigenvalue weighted by atomic mass is 10.2. The summed E-state index contributed by atoms with van der Waals surface area (Å²) in [4.78, 5) is 10.1. The van der Waals surface area contributed by atoms with Gasteiger partial charge in [-0.1, -0.05) is 15.9 Å². The highest BCUT2D eigenvalue weighted by Gasteiger charge is 2.17. The molecular formula is C14H10BrClFNO3. The quantitative estimate of drug-likeness (QED) is 0.412. The van der Waals surface area contributed by atoms with Crippen molar-refractivity contribution in [3.8, 4) is 11.5 Å². The zero-order valence-corrected chi connectivity index (χ0v) is 13.2. The number of nitro benzene ring substituents is 1. The average molecular weight is 375 g/mol. The summed E-state index contributed by atoms with van der Waals surface area (Å²) in [6.45, 7) is 1.52. The molecule has 0 aliphatic heterocycles. The van der Waals surface area contributed by atoms with E-state index in [1.165, 1.54) is 13.0 Å². The maximum atomic E-state index is 13.9. The average Bonchev–Trinajstić information content (AvgIpc) is 2.43. The molecule has 4 nitrogen and oxygen atoms in total. The van der Waals surface area contributed by atoms with Gasteiger partial charge in [0.1, 0.15) is 5.75 Å². The van der Waals surface area contributed by atoms with Crippen LogP contribution in [-0.2, 0) is 5.88 Å². The largest absolute Gasteiger partial charge is 0.454 e. The molecule has 0 aromatic heterocycles. The van der Waals surface area contributed by atoms with Crippen LogP contribution in [-0.4, -0.2) is 4.92 Å². The maximum absolute atomic E-state index is 13.9. The van der Waals surface area contributed by atoms with Gasteiger partial charge in [-0.3, -0.25) is 10.1 Å². The van der Waals surface area contributed by atoms with Crippen molar-refractivity contribution >= 4 is 33.2 Å². The molecular weight excluding hydrogens is 365 g/mol. The van der Waals surface area contributed by atoms with Crippen LogP contribution in [0.3, 0.4) is 0 Å². The van der Waals surface area contributed by atoms with Gasteiger partial charge in [0.25, 0.3) is 5.69 Å². The molecule has 0 fully saturated rings. The van der Waals surface area contributed by atoms with Gasteiger partial charge in [0, 0.05) is 15.6 Å². The minimum absolute atomic E-state index is 0.0770. The molecule has 0 amide bonds. The van der Waals surface area contributed by atoms with Gasteiger partial charge in [-0.25, -0.2) is 4.39 Å². The molecule has 0 N–H and O–H groups in total. The number of nitrogens with zero attached hydrogens (tertiary/aromatic N) is 1. The molecule has 0 saturated heterocycles. The Hall–Kier alpha value is -1.66. The number of halogens is 3. The molecule has 0 aliphatic carbocycles. The van der Waals surface area contributed by atoms with Crippen molar-refractivity contribution in [1.29, 1.82) is 0 Å². The predicted octanol–water partition coefficient (Wildman–Crippen LogP) is 5.34. The van der Waals surface area contributed by atoms with E-state index in [4.69, 9.17) is 16.3 Å². The van der Waals surface area contributed by atoms with Gasteiger partial charge in [-0.2, -0.15) is 0 Å². The van der Waals surface area contributed by atoms with Crippen molar-refractivity contribution in [3.05, 3.63) is 61.9 Å². The standard InChI is InChI=1S/C14H10BrClFNO3/c1-8-4-14(11(17)6-12(8)18(19)20)21-13-3-2-10(15)5-9(13)7-16/h2-6H,7H2,1H3. The van der Waals surface area contributed by atoms with E-state index in [2.05, 4.69) is 15.9 Å². The highest BCUT2D eigenvalue weighted by Crippen LogP contribution is 2.33. The first-order valence-electron chi connectivity index (χ1n) is 5.89. The Morgan fingerprint density at radius 3 is 2.67 bits per heavy atom. The van der Waals surface area contributed by atoms with Crippen LogP contribution >= 0.6 is 27.5 Å². The molecule has 0 heterocycles. The first-order valence-corrected chi connectivity index (χ1v) is 7.22. The Morgan fingerprint density at radius 1 is 1.33 bits per heavy atom. The Bertz CT molecular complexity index is 709. The van der Waals surface area contributed by atoms with E-state index in [1.807, 2.05) is 0 Å². The summed E-state index contributed by atoms with van der Waals surface area (Å²) in [5, 5.41) is 10.8. The minimum atomic E-state index is -0.796. The second-order valence-electron chi connectivity index (χ2n) is 4.31. The molecule has 0 atom stereocenters. The van der Waals surface area contributed by atoms with Gasteiger partial charge >= 0.3 is 0 Å². The normalized spacial score (nSPS) is 10.5. The van der Waals surface area contributed by atoms with Crippen molar-refractivity contribution in [2.24, 2.45) is 0 Å². The van der Waals surface area contributed by atoms with Crippen LogP contribution in [0.5, 0.6) is 11.5 Å². The van der Waals surface area contributed by atoms with Crippen LogP contribution in [0, 0.1) is 22.9 Å². The van der Waals surface area contributed by atoms with Gasteiger partial charge in [-0.05, 0) is 31.2 Å². The molecule has 0 bridgehead atoms. The van der Waals surface area contributed by atoms with E-state index in [-0.39, 0.29) is 17.3 Å².